The fourth-order valence-electron chi connectivity index (χ4n) is 2.18. The lowest BCUT2D eigenvalue weighted by Gasteiger charge is -2.06. The van der Waals surface area contributed by atoms with Gasteiger partial charge in [0, 0.05) is 24.9 Å². The molecule has 1 heterocycles. The summed E-state index contributed by atoms with van der Waals surface area (Å²) >= 11 is 0. The van der Waals surface area contributed by atoms with Crippen LogP contribution in [-0.2, 0) is 17.7 Å². The quantitative estimate of drug-likeness (QED) is 0.763. The molecule has 18 heavy (non-hydrogen) atoms. The number of benzene rings is 1. The molecule has 2 aromatic rings. The molecule has 3 heteroatoms. The van der Waals surface area contributed by atoms with Crippen molar-refractivity contribution in [1.82, 2.24) is 4.57 Å². The van der Waals surface area contributed by atoms with E-state index in [-0.39, 0.29) is 0 Å². The van der Waals surface area contributed by atoms with Crippen molar-refractivity contribution >= 4 is 10.9 Å². The molecule has 0 aliphatic heterocycles. The minimum Gasteiger partial charge on any atom is -0.380 e. The standard InChI is InChI=1S/C15H22N2O/c1-2-10-18-11-9-17-8-6-14-12-13(5-7-16)3-4-15(14)17/h3-4,6,8,12H,2,5,7,9-11,16H2,1H3. The molecule has 2 rings (SSSR count). The monoisotopic (exact) mass is 246 g/mol. The summed E-state index contributed by atoms with van der Waals surface area (Å²) in [6, 6.07) is 8.74. The number of nitrogens with two attached hydrogens (primary N) is 1. The van der Waals surface area contributed by atoms with Crippen LogP contribution in [0.15, 0.2) is 30.5 Å². The molecule has 1 aromatic carbocycles. The van der Waals surface area contributed by atoms with Gasteiger partial charge in [-0.1, -0.05) is 13.0 Å². The van der Waals surface area contributed by atoms with Gasteiger partial charge in [-0.2, -0.15) is 0 Å². The summed E-state index contributed by atoms with van der Waals surface area (Å²) in [4.78, 5) is 0. The molecule has 0 radical (unpaired) electrons. The van der Waals surface area contributed by atoms with Crippen molar-refractivity contribution in [3.8, 4) is 0 Å². The Morgan fingerprint density at radius 1 is 1.22 bits per heavy atom. The Balaban J connectivity index is 2.06. The fourth-order valence-corrected chi connectivity index (χ4v) is 2.18. The van der Waals surface area contributed by atoms with E-state index in [9.17, 15) is 0 Å². The predicted molar refractivity (Wildman–Crippen MR) is 75.8 cm³/mol. The van der Waals surface area contributed by atoms with Gasteiger partial charge in [0.25, 0.3) is 0 Å². The normalized spacial score (nSPS) is 11.2. The third kappa shape index (κ3) is 3.12. The van der Waals surface area contributed by atoms with Gasteiger partial charge in [0.05, 0.1) is 6.61 Å². The topological polar surface area (TPSA) is 40.2 Å². The number of hydrogen-bond donors (Lipinski definition) is 1. The molecule has 0 fully saturated rings. The van der Waals surface area contributed by atoms with Crippen LogP contribution < -0.4 is 5.73 Å². The second-order valence-corrected chi connectivity index (χ2v) is 4.55. The summed E-state index contributed by atoms with van der Waals surface area (Å²) in [6.07, 6.45) is 4.15. The van der Waals surface area contributed by atoms with Crippen molar-refractivity contribution in [3.05, 3.63) is 36.0 Å². The first kappa shape index (κ1) is 13.1. The molecule has 0 aliphatic carbocycles. The highest BCUT2D eigenvalue weighted by atomic mass is 16.5. The smallest absolute Gasteiger partial charge is 0.0645 e. The molecule has 3 nitrogen and oxygen atoms in total. The summed E-state index contributed by atoms with van der Waals surface area (Å²) in [5.41, 5.74) is 8.17. The second-order valence-electron chi connectivity index (χ2n) is 4.55. The second kappa shape index (κ2) is 6.57. The van der Waals surface area contributed by atoms with Crippen molar-refractivity contribution < 1.29 is 4.74 Å². The number of hydrogen-bond acceptors (Lipinski definition) is 2. The molecular formula is C15H22N2O. The Kier molecular flexibility index (Phi) is 4.79. The zero-order valence-electron chi connectivity index (χ0n) is 11.1. The molecule has 0 saturated carbocycles. The molecule has 0 bridgehead atoms. The minimum atomic E-state index is 0.705. The maximum Gasteiger partial charge on any atom is 0.0645 e. The van der Waals surface area contributed by atoms with E-state index in [0.29, 0.717) is 6.54 Å². The maximum absolute atomic E-state index is 5.58. The Bertz CT molecular complexity index is 490. The molecule has 0 aliphatic rings. The molecule has 1 aromatic heterocycles. The minimum absolute atomic E-state index is 0.705. The lowest BCUT2D eigenvalue weighted by atomic mass is 10.1. The number of aromatic nitrogens is 1. The number of rotatable bonds is 7. The summed E-state index contributed by atoms with van der Waals surface area (Å²) in [7, 11) is 0. The van der Waals surface area contributed by atoms with Crippen LogP contribution in [0.1, 0.15) is 18.9 Å². The highest BCUT2D eigenvalue weighted by Gasteiger charge is 2.02. The largest absolute Gasteiger partial charge is 0.380 e. The zero-order valence-corrected chi connectivity index (χ0v) is 11.1. The number of ether oxygens (including phenoxy) is 1. The lowest BCUT2D eigenvalue weighted by molar-refractivity contribution is 0.127. The van der Waals surface area contributed by atoms with E-state index in [1.165, 1.54) is 16.5 Å². The fraction of sp³-hybridized carbons (Fsp3) is 0.467. The van der Waals surface area contributed by atoms with Gasteiger partial charge in [0.15, 0.2) is 0 Å². The van der Waals surface area contributed by atoms with Crippen molar-refractivity contribution in [2.45, 2.75) is 26.3 Å². The van der Waals surface area contributed by atoms with Gasteiger partial charge in [-0.3, -0.25) is 0 Å². The van der Waals surface area contributed by atoms with Crippen LogP contribution in [0.2, 0.25) is 0 Å². The van der Waals surface area contributed by atoms with E-state index >= 15 is 0 Å². The van der Waals surface area contributed by atoms with Crippen LogP contribution >= 0.6 is 0 Å². The Morgan fingerprint density at radius 2 is 2.11 bits per heavy atom. The van der Waals surface area contributed by atoms with E-state index in [1.54, 1.807) is 0 Å². The van der Waals surface area contributed by atoms with Gasteiger partial charge >= 0.3 is 0 Å². The summed E-state index contributed by atoms with van der Waals surface area (Å²) in [5, 5.41) is 1.29. The summed E-state index contributed by atoms with van der Waals surface area (Å²) in [6.45, 7) is 5.38. The average Bonchev–Trinajstić information content (AvgIpc) is 2.78. The van der Waals surface area contributed by atoms with Gasteiger partial charge in [-0.15, -0.1) is 0 Å². The van der Waals surface area contributed by atoms with Crippen molar-refractivity contribution in [2.75, 3.05) is 19.8 Å². The van der Waals surface area contributed by atoms with E-state index in [1.807, 2.05) is 0 Å². The van der Waals surface area contributed by atoms with Crippen molar-refractivity contribution in [1.29, 1.82) is 0 Å². The molecule has 0 unspecified atom stereocenters. The first-order valence-corrected chi connectivity index (χ1v) is 6.70. The van der Waals surface area contributed by atoms with E-state index in [2.05, 4.69) is 42.0 Å². The Morgan fingerprint density at radius 3 is 2.89 bits per heavy atom. The highest BCUT2D eigenvalue weighted by Crippen LogP contribution is 2.18. The van der Waals surface area contributed by atoms with E-state index in [0.717, 1.165) is 32.6 Å². The van der Waals surface area contributed by atoms with Crippen LogP contribution in [0.25, 0.3) is 10.9 Å². The van der Waals surface area contributed by atoms with Gasteiger partial charge in [0.2, 0.25) is 0 Å². The molecule has 98 valence electrons. The van der Waals surface area contributed by atoms with Crippen LogP contribution in [0.4, 0.5) is 0 Å². The first-order valence-electron chi connectivity index (χ1n) is 6.70. The number of fused-ring (bicyclic) bond motifs is 1. The summed E-state index contributed by atoms with van der Waals surface area (Å²) in [5.74, 6) is 0. The highest BCUT2D eigenvalue weighted by molar-refractivity contribution is 5.80. The van der Waals surface area contributed by atoms with Crippen LogP contribution in [0, 0.1) is 0 Å². The predicted octanol–water partition coefficient (Wildman–Crippen LogP) is 2.57. The molecule has 0 atom stereocenters. The molecule has 0 spiro atoms. The number of nitrogens with zero attached hydrogens (tertiary/aromatic N) is 1. The summed E-state index contributed by atoms with van der Waals surface area (Å²) < 4.78 is 7.78. The SMILES string of the molecule is CCCOCCn1ccc2cc(CCN)ccc21. The molecule has 0 saturated heterocycles. The Labute approximate surface area is 109 Å². The Hall–Kier alpha value is -1.32. The van der Waals surface area contributed by atoms with Crippen LogP contribution in [0.3, 0.4) is 0 Å². The maximum atomic E-state index is 5.58. The van der Waals surface area contributed by atoms with E-state index < -0.39 is 0 Å². The molecule has 2 N–H and O–H groups in total. The third-order valence-corrected chi connectivity index (χ3v) is 3.09. The van der Waals surface area contributed by atoms with Crippen LogP contribution in [0.5, 0.6) is 0 Å². The van der Waals surface area contributed by atoms with Gasteiger partial charge in [-0.25, -0.2) is 0 Å². The van der Waals surface area contributed by atoms with Crippen molar-refractivity contribution in [3.63, 3.8) is 0 Å². The first-order chi connectivity index (χ1) is 8.85. The van der Waals surface area contributed by atoms with Gasteiger partial charge in [0.1, 0.15) is 0 Å². The molecular weight excluding hydrogens is 224 g/mol. The van der Waals surface area contributed by atoms with Crippen molar-refractivity contribution in [2.24, 2.45) is 5.73 Å². The van der Waals surface area contributed by atoms with Crippen LogP contribution in [-0.4, -0.2) is 24.3 Å². The lowest BCUT2D eigenvalue weighted by Crippen LogP contribution is -2.05. The van der Waals surface area contributed by atoms with E-state index in [4.69, 9.17) is 10.5 Å². The molecule has 0 amide bonds. The zero-order chi connectivity index (χ0) is 12.8. The van der Waals surface area contributed by atoms with Gasteiger partial charge in [-0.05, 0) is 48.5 Å². The third-order valence-electron chi connectivity index (χ3n) is 3.09. The average molecular weight is 246 g/mol. The van der Waals surface area contributed by atoms with Gasteiger partial charge < -0.3 is 15.0 Å².